The minimum Gasteiger partial charge on any atom is -0.400 e. The van der Waals surface area contributed by atoms with E-state index >= 15 is 0 Å². The number of hydrogen-bond acceptors (Lipinski definition) is 2. The summed E-state index contributed by atoms with van der Waals surface area (Å²) in [6.07, 6.45) is 2.00. The first kappa shape index (κ1) is 15.7. The number of nitrogens with zero attached hydrogens (tertiary/aromatic N) is 1. The van der Waals surface area contributed by atoms with Crippen molar-refractivity contribution in [2.24, 2.45) is 0 Å². The van der Waals surface area contributed by atoms with Crippen LogP contribution in [0.3, 0.4) is 0 Å². The van der Waals surface area contributed by atoms with E-state index in [4.69, 9.17) is 10.4 Å². The number of rotatable bonds is 0. The Bertz CT molecular complexity index is 38.3. The Morgan fingerprint density at radius 2 is 1.38 bits per heavy atom. The standard InChI is InChI=1S/C3H7.C2H3N.CH4O/c1-3-2;1-2-3;1-2/h3H,1-2H3;1H3;2H,1H3. The van der Waals surface area contributed by atoms with Gasteiger partial charge in [0.1, 0.15) is 0 Å². The number of aliphatic hydroxyl groups excluding tert-OH is 1. The Hall–Kier alpha value is -0.550. The molecular formula is C6H14NO. The van der Waals surface area contributed by atoms with Crippen LogP contribution in [-0.2, 0) is 0 Å². The summed E-state index contributed by atoms with van der Waals surface area (Å²) < 4.78 is 0. The van der Waals surface area contributed by atoms with Gasteiger partial charge in [0.2, 0.25) is 0 Å². The minimum absolute atomic E-state index is 1.00. The van der Waals surface area contributed by atoms with E-state index in [9.17, 15) is 0 Å². The molecule has 49 valence electrons. The zero-order valence-corrected chi connectivity index (χ0v) is 5.97. The predicted molar refractivity (Wildman–Crippen MR) is 35.1 cm³/mol. The summed E-state index contributed by atoms with van der Waals surface area (Å²) in [4.78, 5) is 0. The maximum atomic E-state index is 7.32. The van der Waals surface area contributed by atoms with E-state index in [-0.39, 0.29) is 0 Å². The number of nitriles is 1. The van der Waals surface area contributed by atoms with Crippen molar-refractivity contribution < 1.29 is 5.11 Å². The second-order valence-corrected chi connectivity index (χ2v) is 0.801. The zero-order chi connectivity index (χ0) is 7.41. The van der Waals surface area contributed by atoms with Gasteiger partial charge < -0.3 is 5.11 Å². The van der Waals surface area contributed by atoms with Crippen LogP contribution < -0.4 is 0 Å². The van der Waals surface area contributed by atoms with Gasteiger partial charge in [0.25, 0.3) is 0 Å². The molecule has 0 atom stereocenters. The van der Waals surface area contributed by atoms with Gasteiger partial charge in [-0.1, -0.05) is 13.8 Å². The van der Waals surface area contributed by atoms with Gasteiger partial charge in [0.05, 0.1) is 6.07 Å². The molecule has 1 N–H and O–H groups in total. The molecule has 1 radical (unpaired) electrons. The van der Waals surface area contributed by atoms with Crippen molar-refractivity contribution in [1.82, 2.24) is 0 Å². The number of hydrogen-bond donors (Lipinski definition) is 1. The smallest absolute Gasteiger partial charge is 0.0587 e. The number of aliphatic hydroxyl groups is 1. The fourth-order valence-corrected chi connectivity index (χ4v) is 0. The fourth-order valence-electron chi connectivity index (χ4n) is 0. The third-order valence-corrected chi connectivity index (χ3v) is 0. The summed E-state index contributed by atoms with van der Waals surface area (Å²) in [6, 6.07) is 1.75. The van der Waals surface area contributed by atoms with Gasteiger partial charge in [-0.2, -0.15) is 5.26 Å². The van der Waals surface area contributed by atoms with E-state index in [0.717, 1.165) is 7.11 Å². The van der Waals surface area contributed by atoms with Crippen LogP contribution in [0.25, 0.3) is 0 Å². The van der Waals surface area contributed by atoms with E-state index in [1.54, 1.807) is 6.07 Å². The van der Waals surface area contributed by atoms with E-state index in [1.807, 2.05) is 20.3 Å². The molecule has 0 aromatic rings. The monoisotopic (exact) mass is 116 g/mol. The first-order valence-electron chi connectivity index (χ1n) is 2.33. The molecule has 0 rings (SSSR count). The largest absolute Gasteiger partial charge is 0.400 e. The van der Waals surface area contributed by atoms with Gasteiger partial charge >= 0.3 is 0 Å². The Balaban J connectivity index is -0.0000000483. The summed E-state index contributed by atoms with van der Waals surface area (Å²) in [5.41, 5.74) is 0. The van der Waals surface area contributed by atoms with E-state index in [2.05, 4.69) is 0 Å². The van der Waals surface area contributed by atoms with Gasteiger partial charge in [-0.15, -0.1) is 0 Å². The van der Waals surface area contributed by atoms with Gasteiger partial charge in [-0.25, -0.2) is 0 Å². The quantitative estimate of drug-likeness (QED) is 0.519. The summed E-state index contributed by atoms with van der Waals surface area (Å²) in [5, 5.41) is 14.3. The molecule has 2 nitrogen and oxygen atoms in total. The maximum absolute atomic E-state index is 7.32. The molecule has 0 unspecified atom stereocenters. The molecule has 0 bridgehead atoms. The van der Waals surface area contributed by atoms with Crippen LogP contribution in [0.2, 0.25) is 0 Å². The van der Waals surface area contributed by atoms with Crippen molar-refractivity contribution in [3.63, 3.8) is 0 Å². The van der Waals surface area contributed by atoms with Crippen molar-refractivity contribution in [2.45, 2.75) is 20.8 Å². The Kier molecular flexibility index (Phi) is 178. The lowest BCUT2D eigenvalue weighted by Crippen LogP contribution is -1.30. The average Bonchev–Trinajstić information content (AvgIpc) is 1.75. The van der Waals surface area contributed by atoms with Crippen molar-refractivity contribution in [3.05, 3.63) is 6.42 Å². The van der Waals surface area contributed by atoms with Crippen LogP contribution in [0.15, 0.2) is 0 Å². The second-order valence-electron chi connectivity index (χ2n) is 0.801. The lowest BCUT2D eigenvalue weighted by Gasteiger charge is -1.47. The zero-order valence-electron chi connectivity index (χ0n) is 5.97. The van der Waals surface area contributed by atoms with E-state index < -0.39 is 0 Å². The molecule has 0 aromatic carbocycles. The molecule has 0 heterocycles. The lowest BCUT2D eigenvalue weighted by molar-refractivity contribution is 0.399. The fraction of sp³-hybridized carbons (Fsp3) is 0.667. The normalized spacial score (nSPS) is 4.00. The summed E-state index contributed by atoms with van der Waals surface area (Å²) in [5.74, 6) is 0. The Morgan fingerprint density at radius 1 is 1.38 bits per heavy atom. The molecule has 0 amide bonds. The van der Waals surface area contributed by atoms with Crippen molar-refractivity contribution in [1.29, 1.82) is 5.26 Å². The first-order chi connectivity index (χ1) is 3.83. The van der Waals surface area contributed by atoms with Crippen LogP contribution in [0.1, 0.15) is 20.8 Å². The highest BCUT2D eigenvalue weighted by molar-refractivity contribution is 4.51. The van der Waals surface area contributed by atoms with Crippen molar-refractivity contribution in [3.8, 4) is 6.07 Å². The third kappa shape index (κ3) is 357. The third-order valence-electron chi connectivity index (χ3n) is 0. The van der Waals surface area contributed by atoms with Gasteiger partial charge in [-0.3, -0.25) is 0 Å². The van der Waals surface area contributed by atoms with Crippen LogP contribution in [0.5, 0.6) is 0 Å². The van der Waals surface area contributed by atoms with Crippen LogP contribution >= 0.6 is 0 Å². The summed E-state index contributed by atoms with van der Waals surface area (Å²) in [6.45, 7) is 5.43. The van der Waals surface area contributed by atoms with Gasteiger partial charge in [-0.05, 0) is 6.42 Å². The van der Waals surface area contributed by atoms with Gasteiger partial charge in [0, 0.05) is 14.0 Å². The summed E-state index contributed by atoms with van der Waals surface area (Å²) in [7, 11) is 1.00. The average molecular weight is 116 g/mol. The van der Waals surface area contributed by atoms with Crippen molar-refractivity contribution >= 4 is 0 Å². The highest BCUT2D eigenvalue weighted by atomic mass is 16.2. The van der Waals surface area contributed by atoms with E-state index in [1.165, 1.54) is 6.92 Å². The molecule has 0 aliphatic carbocycles. The molecule has 0 aromatic heterocycles. The Labute approximate surface area is 51.8 Å². The molecule has 0 spiro atoms. The predicted octanol–water partition coefficient (Wildman–Crippen LogP) is 1.37. The molecule has 0 fully saturated rings. The van der Waals surface area contributed by atoms with Crippen LogP contribution in [-0.4, -0.2) is 12.2 Å². The molecule has 0 saturated heterocycles. The highest BCUT2D eigenvalue weighted by Crippen LogP contribution is 1.53. The van der Waals surface area contributed by atoms with E-state index in [0.29, 0.717) is 0 Å². The van der Waals surface area contributed by atoms with Gasteiger partial charge in [0.15, 0.2) is 0 Å². The molecule has 0 aliphatic heterocycles. The molecular weight excluding hydrogens is 102 g/mol. The molecule has 2 heteroatoms. The topological polar surface area (TPSA) is 44.0 Å². The molecule has 0 aliphatic rings. The maximum Gasteiger partial charge on any atom is 0.0587 e. The lowest BCUT2D eigenvalue weighted by atomic mass is 10.6. The second kappa shape index (κ2) is 91.1. The summed E-state index contributed by atoms with van der Waals surface area (Å²) >= 11 is 0. The van der Waals surface area contributed by atoms with Crippen molar-refractivity contribution in [2.75, 3.05) is 7.11 Å². The van der Waals surface area contributed by atoms with Crippen LogP contribution in [0.4, 0.5) is 0 Å². The highest BCUT2D eigenvalue weighted by Gasteiger charge is 1.36. The SMILES string of the molecule is CC#N.CO.C[CH]C. The first-order valence-corrected chi connectivity index (χ1v) is 2.33. The van der Waals surface area contributed by atoms with Crippen LogP contribution in [0, 0.1) is 17.8 Å². The minimum atomic E-state index is 1.00. The molecule has 0 saturated carbocycles. The molecule has 8 heavy (non-hydrogen) atoms. The Morgan fingerprint density at radius 3 is 1.38 bits per heavy atom.